The molecule has 0 atom stereocenters. The number of rotatable bonds is 9. The summed E-state index contributed by atoms with van der Waals surface area (Å²) in [5, 5.41) is 0.187. The van der Waals surface area contributed by atoms with Crippen molar-refractivity contribution in [3.63, 3.8) is 0 Å². The molecule has 0 saturated heterocycles. The highest BCUT2D eigenvalue weighted by Gasteiger charge is 2.18. The smallest absolute Gasteiger partial charge is 0.306 e. The van der Waals surface area contributed by atoms with E-state index in [4.69, 9.17) is 9.47 Å². The Bertz CT molecular complexity index is 1570. The Morgan fingerprint density at radius 1 is 1.05 bits per heavy atom. The molecule has 190 valence electrons. The molecule has 0 aliphatic heterocycles. The van der Waals surface area contributed by atoms with E-state index in [0.717, 1.165) is 27.6 Å². The van der Waals surface area contributed by atoms with Gasteiger partial charge in [-0.1, -0.05) is 0 Å². The van der Waals surface area contributed by atoms with Crippen molar-refractivity contribution in [2.24, 2.45) is 0 Å². The predicted octanol–water partition coefficient (Wildman–Crippen LogP) is 6.92. The number of hydrogen-bond donors (Lipinski definition) is 2. The first kappa shape index (κ1) is 24.6. The predicted molar refractivity (Wildman–Crippen MR) is 134 cm³/mol. The first-order valence-electron chi connectivity index (χ1n) is 11.6. The molecule has 0 fully saturated rings. The zero-order valence-electron chi connectivity index (χ0n) is 19.7. The van der Waals surface area contributed by atoms with Crippen molar-refractivity contribution >= 4 is 28.2 Å². The fourth-order valence-electron chi connectivity index (χ4n) is 3.96. The number of aromatic amines is 2. The average molecular weight is 526 g/mol. The summed E-state index contributed by atoms with van der Waals surface area (Å²) < 4.78 is 54.4. The zero-order valence-corrected chi connectivity index (χ0v) is 20.6. The Hall–Kier alpha value is -4.05. The largest absolute Gasteiger partial charge is 0.466 e. The molecule has 37 heavy (non-hydrogen) atoms. The molecule has 0 radical (unpaired) electrons. The van der Waals surface area contributed by atoms with E-state index in [1.807, 2.05) is 12.1 Å². The molecule has 0 amide bonds. The minimum atomic E-state index is -0.879. The quantitative estimate of drug-likeness (QED) is 0.205. The van der Waals surface area contributed by atoms with Crippen molar-refractivity contribution in [1.29, 1.82) is 0 Å². The number of nitrogens with one attached hydrogen (secondary N) is 2. The number of hydrogen-bond acceptors (Lipinski definition) is 5. The van der Waals surface area contributed by atoms with E-state index in [9.17, 15) is 18.0 Å². The van der Waals surface area contributed by atoms with Gasteiger partial charge in [-0.2, -0.15) is 0 Å². The van der Waals surface area contributed by atoms with Crippen LogP contribution in [0.2, 0.25) is 0 Å². The van der Waals surface area contributed by atoms with E-state index >= 15 is 0 Å². The first-order chi connectivity index (χ1) is 17.9. The number of fused-ring (bicyclic) bond motifs is 1. The van der Waals surface area contributed by atoms with Crippen LogP contribution < -0.4 is 4.74 Å². The van der Waals surface area contributed by atoms with Gasteiger partial charge in [0.25, 0.3) is 0 Å². The Kier molecular flexibility index (Phi) is 7.00. The van der Waals surface area contributed by atoms with Crippen LogP contribution in [0.1, 0.15) is 28.8 Å². The molecular weight excluding hydrogens is 503 g/mol. The van der Waals surface area contributed by atoms with Crippen molar-refractivity contribution in [3.05, 3.63) is 87.8 Å². The summed E-state index contributed by atoms with van der Waals surface area (Å²) in [6.45, 7) is 2.14. The Balaban J connectivity index is 1.31. The lowest BCUT2D eigenvalue weighted by molar-refractivity contribution is -0.143. The number of halogens is 3. The van der Waals surface area contributed by atoms with E-state index in [-0.39, 0.29) is 28.5 Å². The molecule has 5 aromatic rings. The van der Waals surface area contributed by atoms with Crippen molar-refractivity contribution in [3.8, 4) is 22.9 Å². The van der Waals surface area contributed by atoms with Gasteiger partial charge in [-0.3, -0.25) is 4.79 Å². The number of thiophene rings is 1. The monoisotopic (exact) mass is 525 g/mol. The van der Waals surface area contributed by atoms with Crippen LogP contribution in [-0.4, -0.2) is 27.5 Å². The van der Waals surface area contributed by atoms with Crippen LogP contribution in [0, 0.1) is 17.5 Å². The van der Waals surface area contributed by atoms with Crippen LogP contribution in [0.25, 0.3) is 22.3 Å². The Labute approximate surface area is 214 Å². The molecular formula is C27H22F3N3O3S. The van der Waals surface area contributed by atoms with Crippen LogP contribution in [0.3, 0.4) is 0 Å². The summed E-state index contributed by atoms with van der Waals surface area (Å²) >= 11 is 1.58. The number of ether oxygens (including phenoxy) is 2. The lowest BCUT2D eigenvalue weighted by atomic mass is 10.2. The summed E-state index contributed by atoms with van der Waals surface area (Å²) in [7, 11) is 0. The number of carbonyl (C=O) groups excluding carboxylic acids is 1. The second kappa shape index (κ2) is 10.5. The number of H-pyrrole nitrogens is 2. The van der Waals surface area contributed by atoms with Gasteiger partial charge in [0.05, 0.1) is 24.1 Å². The van der Waals surface area contributed by atoms with Gasteiger partial charge in [-0.25, -0.2) is 18.2 Å². The van der Waals surface area contributed by atoms with Gasteiger partial charge >= 0.3 is 5.97 Å². The molecule has 0 spiro atoms. The fourth-order valence-corrected chi connectivity index (χ4v) is 5.00. The second-order valence-electron chi connectivity index (χ2n) is 8.29. The third-order valence-corrected chi connectivity index (χ3v) is 6.85. The Morgan fingerprint density at radius 2 is 1.89 bits per heavy atom. The minimum absolute atomic E-state index is 0.0616. The normalized spacial score (nSPS) is 11.2. The summed E-state index contributed by atoms with van der Waals surface area (Å²) in [4.78, 5) is 23.8. The van der Waals surface area contributed by atoms with Gasteiger partial charge < -0.3 is 19.4 Å². The minimum Gasteiger partial charge on any atom is -0.466 e. The lowest BCUT2D eigenvalue weighted by Gasteiger charge is -2.10. The fraction of sp³-hybridized carbons (Fsp3) is 0.185. The van der Waals surface area contributed by atoms with E-state index < -0.39 is 23.2 Å². The molecule has 5 rings (SSSR count). The second-order valence-corrected chi connectivity index (χ2v) is 9.54. The molecule has 0 saturated carbocycles. The maximum atomic E-state index is 14.8. The van der Waals surface area contributed by atoms with Crippen LogP contribution >= 0.6 is 11.3 Å². The SMILES string of the molecule is CCOC(=O)CCc1ccc(Cc2cnc(-c3cc(Oc4c(F)cc5[nH]ccc5c4F)ccc3F)[nH]2)s1. The van der Waals surface area contributed by atoms with E-state index in [0.29, 0.717) is 31.4 Å². The van der Waals surface area contributed by atoms with Gasteiger partial charge in [0.15, 0.2) is 17.4 Å². The molecule has 6 nitrogen and oxygen atoms in total. The maximum Gasteiger partial charge on any atom is 0.306 e. The number of aromatic nitrogens is 3. The van der Waals surface area contributed by atoms with Crippen LogP contribution in [0.15, 0.2) is 54.9 Å². The van der Waals surface area contributed by atoms with Crippen molar-refractivity contribution in [1.82, 2.24) is 15.0 Å². The molecule has 3 heterocycles. The standard InChI is InChI=1S/C27H22F3N3O3S/c1-2-35-24(34)8-6-17-4-5-18(37-17)11-15-14-32-27(33-15)20-12-16(3-7-21(20)28)36-26-22(29)13-23-19(25(26)30)9-10-31-23/h3-5,7,9-10,12-14,31H,2,6,8,11H2,1H3,(H,32,33). The molecule has 0 bridgehead atoms. The molecule has 10 heteroatoms. The van der Waals surface area contributed by atoms with E-state index in [1.165, 1.54) is 24.4 Å². The molecule has 2 aromatic carbocycles. The van der Waals surface area contributed by atoms with E-state index in [2.05, 4.69) is 15.0 Å². The van der Waals surface area contributed by atoms with Gasteiger partial charge in [-0.15, -0.1) is 11.3 Å². The summed E-state index contributed by atoms with van der Waals surface area (Å²) in [5.74, 6) is -2.75. The third-order valence-electron chi connectivity index (χ3n) is 5.71. The average Bonchev–Trinajstić information content (AvgIpc) is 3.63. The number of imidazole rings is 1. The molecule has 0 aliphatic carbocycles. The maximum absolute atomic E-state index is 14.8. The number of benzene rings is 2. The van der Waals surface area contributed by atoms with Crippen molar-refractivity contribution in [2.45, 2.75) is 26.2 Å². The van der Waals surface area contributed by atoms with Crippen molar-refractivity contribution in [2.75, 3.05) is 6.61 Å². The van der Waals surface area contributed by atoms with Crippen LogP contribution in [-0.2, 0) is 22.4 Å². The molecule has 0 unspecified atom stereocenters. The molecule has 2 N–H and O–H groups in total. The van der Waals surface area contributed by atoms with Gasteiger partial charge in [-0.05, 0) is 49.7 Å². The highest BCUT2D eigenvalue weighted by Crippen LogP contribution is 2.34. The number of aryl methyl sites for hydroxylation is 1. The number of carbonyl (C=O) groups is 1. The molecule has 0 aliphatic rings. The van der Waals surface area contributed by atoms with Crippen molar-refractivity contribution < 1.29 is 27.4 Å². The summed E-state index contributed by atoms with van der Waals surface area (Å²) in [5.41, 5.74) is 1.17. The summed E-state index contributed by atoms with van der Waals surface area (Å²) in [6.07, 6.45) is 4.59. The van der Waals surface area contributed by atoms with E-state index in [1.54, 1.807) is 24.5 Å². The highest BCUT2D eigenvalue weighted by molar-refractivity contribution is 7.12. The third kappa shape index (κ3) is 5.39. The first-order valence-corrected chi connectivity index (χ1v) is 12.4. The summed E-state index contributed by atoms with van der Waals surface area (Å²) in [6, 6.07) is 10.4. The highest BCUT2D eigenvalue weighted by atomic mass is 32.1. The topological polar surface area (TPSA) is 80.0 Å². The lowest BCUT2D eigenvalue weighted by Crippen LogP contribution is -2.04. The molecule has 3 aromatic heterocycles. The number of esters is 1. The number of nitrogens with zero attached hydrogens (tertiary/aromatic N) is 1. The zero-order chi connectivity index (χ0) is 25.9. The Morgan fingerprint density at radius 3 is 2.73 bits per heavy atom. The van der Waals surface area contributed by atoms with Crippen LogP contribution in [0.5, 0.6) is 11.5 Å². The van der Waals surface area contributed by atoms with Gasteiger partial charge in [0, 0.05) is 45.7 Å². The van der Waals surface area contributed by atoms with Gasteiger partial charge in [0.2, 0.25) is 0 Å². The van der Waals surface area contributed by atoms with Gasteiger partial charge in [0.1, 0.15) is 17.4 Å². The van der Waals surface area contributed by atoms with Crippen LogP contribution in [0.4, 0.5) is 13.2 Å².